The summed E-state index contributed by atoms with van der Waals surface area (Å²) < 4.78 is 29.8. The number of sulfone groups is 1. The number of hydrogen-bond acceptors (Lipinski definition) is 7. The molecule has 0 aliphatic rings. The van der Waals surface area contributed by atoms with Crippen LogP contribution in [-0.2, 0) is 20.4 Å². The second kappa shape index (κ2) is 7.30. The van der Waals surface area contributed by atoms with Crippen LogP contribution in [0.25, 0.3) is 0 Å². The van der Waals surface area contributed by atoms with E-state index in [1.165, 1.54) is 31.2 Å². The molecule has 0 radical (unpaired) electrons. The molecule has 0 aliphatic heterocycles. The van der Waals surface area contributed by atoms with E-state index >= 15 is 0 Å². The zero-order chi connectivity index (χ0) is 16.9. The highest BCUT2D eigenvalue weighted by Gasteiger charge is 2.19. The van der Waals surface area contributed by atoms with E-state index < -0.39 is 15.6 Å². The van der Waals surface area contributed by atoms with Crippen LogP contribution in [0, 0.1) is 12.3 Å². The number of nitrogens with zero attached hydrogens (tertiary/aromatic N) is 2. The van der Waals surface area contributed by atoms with Crippen LogP contribution in [0.1, 0.15) is 12.8 Å². The number of amides is 1. The highest BCUT2D eigenvalue weighted by atomic mass is 32.2. The van der Waals surface area contributed by atoms with E-state index in [4.69, 9.17) is 10.8 Å². The van der Waals surface area contributed by atoms with E-state index in [2.05, 4.69) is 21.4 Å². The lowest BCUT2D eigenvalue weighted by atomic mass is 10.3. The van der Waals surface area contributed by atoms with Crippen molar-refractivity contribution in [1.29, 1.82) is 0 Å². The summed E-state index contributed by atoms with van der Waals surface area (Å²) in [7, 11) is -3.62. The summed E-state index contributed by atoms with van der Waals surface area (Å²) in [5.41, 5.74) is 0.516. The Morgan fingerprint density at radius 2 is 2.04 bits per heavy atom. The Kier molecular flexibility index (Phi) is 5.41. The van der Waals surface area contributed by atoms with Crippen LogP contribution in [0.4, 0.5) is 5.69 Å². The smallest absolute Gasteiger partial charge is 0.277 e. The Morgan fingerprint density at radius 3 is 2.65 bits per heavy atom. The molecule has 0 spiro atoms. The minimum atomic E-state index is -3.62. The van der Waals surface area contributed by atoms with Crippen molar-refractivity contribution in [2.24, 2.45) is 0 Å². The molecule has 0 fully saturated rings. The number of aromatic nitrogens is 2. The minimum absolute atomic E-state index is 0.00420. The van der Waals surface area contributed by atoms with Crippen LogP contribution >= 0.6 is 11.8 Å². The molecule has 0 bridgehead atoms. The Bertz CT molecular complexity index is 836. The fourth-order valence-corrected chi connectivity index (χ4v) is 3.27. The van der Waals surface area contributed by atoms with E-state index in [0.717, 1.165) is 11.8 Å². The fourth-order valence-electron chi connectivity index (χ4n) is 1.65. The van der Waals surface area contributed by atoms with Crippen molar-refractivity contribution in [1.82, 2.24) is 10.2 Å². The Hall–Kier alpha value is -2.31. The number of benzene rings is 1. The Labute approximate surface area is 137 Å². The van der Waals surface area contributed by atoms with Gasteiger partial charge in [-0.05, 0) is 24.3 Å². The second-order valence-electron chi connectivity index (χ2n) is 4.42. The predicted octanol–water partition coefficient (Wildman–Crippen LogP) is 1.73. The van der Waals surface area contributed by atoms with Crippen molar-refractivity contribution in [2.45, 2.75) is 22.8 Å². The van der Waals surface area contributed by atoms with E-state index in [1.54, 1.807) is 0 Å². The molecule has 1 aromatic carbocycles. The Balaban J connectivity index is 2.10. The molecule has 1 heterocycles. The van der Waals surface area contributed by atoms with Gasteiger partial charge in [0.15, 0.2) is 9.84 Å². The third-order valence-electron chi connectivity index (χ3n) is 2.57. The molecule has 0 saturated heterocycles. The second-order valence-corrected chi connectivity index (χ2v) is 7.34. The van der Waals surface area contributed by atoms with Crippen LogP contribution in [0.2, 0.25) is 0 Å². The van der Waals surface area contributed by atoms with Crippen molar-refractivity contribution in [3.8, 4) is 12.3 Å². The summed E-state index contributed by atoms with van der Waals surface area (Å²) in [4.78, 5) is 11.0. The number of terminal acetylenes is 1. The van der Waals surface area contributed by atoms with Gasteiger partial charge in [0.25, 0.3) is 5.22 Å². The number of hydrogen-bond donors (Lipinski definition) is 1. The Morgan fingerprint density at radius 1 is 1.35 bits per heavy atom. The number of rotatable bonds is 6. The highest BCUT2D eigenvalue weighted by molar-refractivity contribution is 7.99. The number of carbonyl (C=O) groups excluding carboxylic acids is 1. The number of thioether (sulfide) groups is 1. The van der Waals surface area contributed by atoms with Gasteiger partial charge in [-0.2, -0.15) is 0 Å². The molecule has 120 valence electrons. The van der Waals surface area contributed by atoms with Gasteiger partial charge in [-0.3, -0.25) is 4.79 Å². The lowest BCUT2D eigenvalue weighted by molar-refractivity contribution is -0.114. The molecule has 0 unspecified atom stereocenters. The van der Waals surface area contributed by atoms with Crippen molar-refractivity contribution >= 4 is 33.2 Å². The SMILES string of the molecule is C#CCSc1nnc(CS(=O)(=O)c2ccc(NC(C)=O)cc2)o1. The van der Waals surface area contributed by atoms with Gasteiger partial charge in [0, 0.05) is 12.6 Å². The standard InChI is InChI=1S/C14H13N3O4S2/c1-3-8-22-14-17-16-13(21-14)9-23(19,20)12-6-4-11(5-7-12)15-10(2)18/h1,4-7H,8-9H2,2H3,(H,15,18). The van der Waals surface area contributed by atoms with Crippen LogP contribution in [0.15, 0.2) is 38.8 Å². The van der Waals surface area contributed by atoms with Crippen LogP contribution in [0.5, 0.6) is 0 Å². The van der Waals surface area contributed by atoms with E-state index in [9.17, 15) is 13.2 Å². The maximum Gasteiger partial charge on any atom is 0.277 e. The number of nitrogens with one attached hydrogen (secondary N) is 1. The molecule has 0 saturated carbocycles. The first kappa shape index (κ1) is 17.1. The summed E-state index contributed by atoms with van der Waals surface area (Å²) >= 11 is 1.16. The third-order valence-corrected chi connectivity index (χ3v) is 4.91. The van der Waals surface area contributed by atoms with Gasteiger partial charge in [-0.15, -0.1) is 16.6 Å². The van der Waals surface area contributed by atoms with Gasteiger partial charge < -0.3 is 9.73 Å². The van der Waals surface area contributed by atoms with E-state index in [1.807, 2.05) is 0 Å². The third kappa shape index (κ3) is 4.84. The molecule has 0 atom stereocenters. The van der Waals surface area contributed by atoms with Crippen molar-refractivity contribution in [3.05, 3.63) is 30.2 Å². The maximum absolute atomic E-state index is 12.3. The van der Waals surface area contributed by atoms with Gasteiger partial charge in [-0.1, -0.05) is 17.7 Å². The monoisotopic (exact) mass is 351 g/mol. The molecule has 1 N–H and O–H groups in total. The number of carbonyl (C=O) groups is 1. The van der Waals surface area contributed by atoms with Crippen LogP contribution in [-0.4, -0.2) is 30.3 Å². The van der Waals surface area contributed by atoms with Crippen LogP contribution < -0.4 is 5.32 Å². The lowest BCUT2D eigenvalue weighted by Crippen LogP contribution is -2.07. The van der Waals surface area contributed by atoms with Crippen LogP contribution in [0.3, 0.4) is 0 Å². The van der Waals surface area contributed by atoms with Gasteiger partial charge >= 0.3 is 0 Å². The summed E-state index contributed by atoms with van der Waals surface area (Å²) in [6.45, 7) is 1.37. The molecule has 7 nitrogen and oxygen atoms in total. The van der Waals surface area contributed by atoms with Crippen molar-refractivity contribution < 1.29 is 17.6 Å². The summed E-state index contributed by atoms with van der Waals surface area (Å²) in [5, 5.41) is 10.2. The number of anilines is 1. The first-order valence-electron chi connectivity index (χ1n) is 6.40. The zero-order valence-corrected chi connectivity index (χ0v) is 13.8. The quantitative estimate of drug-likeness (QED) is 0.624. The molecule has 1 aromatic heterocycles. The van der Waals surface area contributed by atoms with Gasteiger partial charge in [0.1, 0.15) is 5.75 Å². The zero-order valence-electron chi connectivity index (χ0n) is 12.1. The summed E-state index contributed by atoms with van der Waals surface area (Å²) in [6.07, 6.45) is 5.12. The molecule has 23 heavy (non-hydrogen) atoms. The highest BCUT2D eigenvalue weighted by Crippen LogP contribution is 2.21. The normalized spacial score (nSPS) is 11.0. The first-order valence-corrected chi connectivity index (χ1v) is 9.03. The average Bonchev–Trinajstić information content (AvgIpc) is 2.92. The summed E-state index contributed by atoms with van der Waals surface area (Å²) in [5.74, 6) is 2.12. The molecule has 1 amide bonds. The first-order chi connectivity index (χ1) is 10.9. The van der Waals surface area contributed by atoms with Gasteiger partial charge in [-0.25, -0.2) is 8.42 Å². The van der Waals surface area contributed by atoms with Gasteiger partial charge in [0.05, 0.1) is 10.6 Å². The molecule has 2 rings (SSSR count). The predicted molar refractivity (Wildman–Crippen MR) is 85.5 cm³/mol. The molecule has 2 aromatic rings. The molecular weight excluding hydrogens is 338 g/mol. The minimum Gasteiger partial charge on any atom is -0.415 e. The van der Waals surface area contributed by atoms with E-state index in [0.29, 0.717) is 11.4 Å². The molecule has 0 aliphatic carbocycles. The topological polar surface area (TPSA) is 102 Å². The average molecular weight is 351 g/mol. The molecule has 9 heteroatoms. The molecular formula is C14H13N3O4S2. The maximum atomic E-state index is 12.3. The largest absolute Gasteiger partial charge is 0.415 e. The van der Waals surface area contributed by atoms with E-state index in [-0.39, 0.29) is 21.9 Å². The van der Waals surface area contributed by atoms with Crippen molar-refractivity contribution in [2.75, 3.05) is 11.1 Å². The van der Waals surface area contributed by atoms with Gasteiger partial charge in [0.2, 0.25) is 11.8 Å². The van der Waals surface area contributed by atoms with Crippen molar-refractivity contribution in [3.63, 3.8) is 0 Å². The fraction of sp³-hybridized carbons (Fsp3) is 0.214. The lowest BCUT2D eigenvalue weighted by Gasteiger charge is -2.04. The summed E-state index contributed by atoms with van der Waals surface area (Å²) in [6, 6.07) is 5.84.